The van der Waals surface area contributed by atoms with Gasteiger partial charge in [0.15, 0.2) is 0 Å². The summed E-state index contributed by atoms with van der Waals surface area (Å²) in [4.78, 5) is 22.2. The molecule has 0 aliphatic carbocycles. The van der Waals surface area contributed by atoms with Gasteiger partial charge in [0, 0.05) is 0 Å². The van der Waals surface area contributed by atoms with Crippen LogP contribution >= 0.6 is 11.3 Å². The van der Waals surface area contributed by atoms with Gasteiger partial charge in [0.1, 0.15) is 11.6 Å². The smallest absolute Gasteiger partial charge is 0.408 e. The first kappa shape index (κ1) is 13.6. The summed E-state index contributed by atoms with van der Waals surface area (Å²) in [5, 5.41) is 5.49. The van der Waals surface area contributed by atoms with E-state index >= 15 is 0 Å². The summed E-state index contributed by atoms with van der Waals surface area (Å²) in [6, 6.07) is -1.34. The van der Waals surface area contributed by atoms with Crippen molar-refractivity contribution in [2.24, 2.45) is 0 Å². The molecule has 0 saturated heterocycles. The third-order valence-electron chi connectivity index (χ3n) is 1.76. The van der Waals surface area contributed by atoms with Crippen LogP contribution in [-0.4, -0.2) is 17.7 Å². The third-order valence-corrected chi connectivity index (χ3v) is 2.47. The van der Waals surface area contributed by atoms with Crippen molar-refractivity contribution in [2.75, 3.05) is 0 Å². The summed E-state index contributed by atoms with van der Waals surface area (Å²) in [5.74, 6) is 0. The second kappa shape index (κ2) is 5.27. The van der Waals surface area contributed by atoms with Gasteiger partial charge < -0.3 is 10.1 Å². The van der Waals surface area contributed by atoms with Gasteiger partial charge in [-0.2, -0.15) is 15.7 Å². The highest BCUT2D eigenvalue weighted by molar-refractivity contribution is 7.08. The zero-order valence-electron chi connectivity index (χ0n) is 9.82. The lowest BCUT2D eigenvalue weighted by atomic mass is 10.1. The molecule has 0 fully saturated rings. The molecule has 1 atom stereocenters. The molecular weight excluding hydrogens is 245 g/mol. The van der Waals surface area contributed by atoms with E-state index < -0.39 is 23.8 Å². The maximum atomic E-state index is 12.8. The normalized spacial score (nSPS) is 12.9. The highest BCUT2D eigenvalue weighted by Gasteiger charge is 2.25. The minimum Gasteiger partial charge on any atom is -0.444 e. The maximum absolute atomic E-state index is 12.8. The van der Waals surface area contributed by atoms with E-state index in [4.69, 9.17) is 4.74 Å². The molecule has 6 heteroatoms. The van der Waals surface area contributed by atoms with Crippen molar-refractivity contribution in [3.05, 3.63) is 22.4 Å². The Labute approximate surface area is 103 Å². The highest BCUT2D eigenvalue weighted by Crippen LogP contribution is 2.18. The molecule has 0 aliphatic heterocycles. The Balaban J connectivity index is 2.69. The Morgan fingerprint density at radius 3 is 2.53 bits per heavy atom. The standard InChI is InChI=1S/C11H14FNO3S/c1-11(2,3)16-10(15)13-8(9(12)14)7-4-5-17-6-7/h4-6,8H,1-3H3,(H,13,15). The molecule has 4 nitrogen and oxygen atoms in total. The first-order chi connectivity index (χ1) is 7.79. The van der Waals surface area contributed by atoms with Crippen LogP contribution in [0.1, 0.15) is 32.4 Å². The fourth-order valence-electron chi connectivity index (χ4n) is 1.14. The summed E-state index contributed by atoms with van der Waals surface area (Å²) in [7, 11) is 0. The average Bonchev–Trinajstić information content (AvgIpc) is 2.63. The number of carbonyl (C=O) groups is 2. The molecule has 1 amide bonds. The molecule has 0 bridgehead atoms. The second-order valence-electron chi connectivity index (χ2n) is 4.44. The fourth-order valence-corrected chi connectivity index (χ4v) is 1.82. The van der Waals surface area contributed by atoms with Crippen molar-refractivity contribution in [1.29, 1.82) is 0 Å². The van der Waals surface area contributed by atoms with Crippen molar-refractivity contribution >= 4 is 23.5 Å². The molecule has 1 unspecified atom stereocenters. The largest absolute Gasteiger partial charge is 0.444 e. The van der Waals surface area contributed by atoms with Crippen LogP contribution in [0, 0.1) is 0 Å². The van der Waals surface area contributed by atoms with Crippen molar-refractivity contribution in [1.82, 2.24) is 5.32 Å². The number of carbonyl (C=O) groups excluding carboxylic acids is 2. The molecule has 94 valence electrons. The van der Waals surface area contributed by atoms with Crippen molar-refractivity contribution < 1.29 is 18.7 Å². The minimum absolute atomic E-state index is 0.411. The molecule has 0 saturated carbocycles. The Morgan fingerprint density at radius 2 is 2.12 bits per heavy atom. The van der Waals surface area contributed by atoms with Crippen LogP contribution in [0.3, 0.4) is 0 Å². The molecule has 0 aliphatic rings. The van der Waals surface area contributed by atoms with Gasteiger partial charge in [0.2, 0.25) is 0 Å². The topological polar surface area (TPSA) is 55.4 Å². The number of amides is 1. The van der Waals surface area contributed by atoms with E-state index in [1.807, 2.05) is 0 Å². The summed E-state index contributed by atoms with van der Waals surface area (Å²) < 4.78 is 17.8. The van der Waals surface area contributed by atoms with Gasteiger partial charge in [-0.25, -0.2) is 4.79 Å². The van der Waals surface area contributed by atoms with Gasteiger partial charge in [-0.05, 0) is 43.2 Å². The maximum Gasteiger partial charge on any atom is 0.408 e. The lowest BCUT2D eigenvalue weighted by Gasteiger charge is -2.21. The number of hydrogen-bond acceptors (Lipinski definition) is 4. The molecule has 1 aromatic heterocycles. The van der Waals surface area contributed by atoms with E-state index in [0.717, 1.165) is 0 Å². The predicted molar refractivity (Wildman–Crippen MR) is 62.5 cm³/mol. The van der Waals surface area contributed by atoms with Gasteiger partial charge in [-0.15, -0.1) is 0 Å². The van der Waals surface area contributed by atoms with Crippen LogP contribution in [0.4, 0.5) is 9.18 Å². The molecular formula is C11H14FNO3S. The van der Waals surface area contributed by atoms with E-state index in [9.17, 15) is 14.0 Å². The molecule has 17 heavy (non-hydrogen) atoms. The Bertz CT molecular complexity index is 397. The van der Waals surface area contributed by atoms with Crippen LogP contribution in [0.15, 0.2) is 16.8 Å². The molecule has 0 radical (unpaired) electrons. The lowest BCUT2D eigenvalue weighted by molar-refractivity contribution is -0.131. The molecule has 1 N–H and O–H groups in total. The Kier molecular flexibility index (Phi) is 4.22. The van der Waals surface area contributed by atoms with Crippen LogP contribution in [0.25, 0.3) is 0 Å². The van der Waals surface area contributed by atoms with Crippen LogP contribution in [0.5, 0.6) is 0 Å². The van der Waals surface area contributed by atoms with Crippen molar-refractivity contribution in [3.8, 4) is 0 Å². The monoisotopic (exact) mass is 259 g/mol. The minimum atomic E-state index is -1.62. The zero-order chi connectivity index (χ0) is 13.1. The lowest BCUT2D eigenvalue weighted by Crippen LogP contribution is -2.37. The quantitative estimate of drug-likeness (QED) is 0.849. The number of ether oxygens (including phenoxy) is 1. The van der Waals surface area contributed by atoms with E-state index in [-0.39, 0.29) is 0 Å². The Hall–Kier alpha value is -1.43. The number of alkyl carbamates (subject to hydrolysis) is 1. The van der Waals surface area contributed by atoms with Gasteiger partial charge in [-0.1, -0.05) is 0 Å². The third kappa shape index (κ3) is 4.52. The number of thiophene rings is 1. The van der Waals surface area contributed by atoms with Gasteiger partial charge in [0.05, 0.1) is 0 Å². The van der Waals surface area contributed by atoms with E-state index in [1.54, 1.807) is 37.6 Å². The van der Waals surface area contributed by atoms with Crippen molar-refractivity contribution in [3.63, 3.8) is 0 Å². The van der Waals surface area contributed by atoms with Crippen LogP contribution in [-0.2, 0) is 9.53 Å². The van der Waals surface area contributed by atoms with Gasteiger partial charge >= 0.3 is 12.1 Å². The summed E-state index contributed by atoms with van der Waals surface area (Å²) in [5.41, 5.74) is -0.281. The predicted octanol–water partition coefficient (Wildman–Crippen LogP) is 2.81. The van der Waals surface area contributed by atoms with Crippen LogP contribution in [0.2, 0.25) is 0 Å². The molecule has 0 spiro atoms. The second-order valence-corrected chi connectivity index (χ2v) is 5.22. The van der Waals surface area contributed by atoms with Crippen LogP contribution < -0.4 is 5.32 Å². The number of hydrogen-bond donors (Lipinski definition) is 1. The van der Waals surface area contributed by atoms with E-state index in [0.29, 0.717) is 5.56 Å². The zero-order valence-corrected chi connectivity index (χ0v) is 10.6. The van der Waals surface area contributed by atoms with Gasteiger partial charge in [0.25, 0.3) is 0 Å². The SMILES string of the molecule is CC(C)(C)OC(=O)NC(C(=O)F)c1ccsc1. The Morgan fingerprint density at radius 1 is 1.47 bits per heavy atom. The van der Waals surface area contributed by atoms with Gasteiger partial charge in [-0.3, -0.25) is 4.79 Å². The average molecular weight is 259 g/mol. The molecule has 0 aromatic carbocycles. The number of halogens is 1. The first-order valence-corrected chi connectivity index (χ1v) is 5.95. The first-order valence-electron chi connectivity index (χ1n) is 5.00. The summed E-state index contributed by atoms with van der Waals surface area (Å²) in [6.45, 7) is 5.05. The van der Waals surface area contributed by atoms with Crippen molar-refractivity contribution in [2.45, 2.75) is 32.4 Å². The van der Waals surface area contributed by atoms with E-state index in [2.05, 4.69) is 5.32 Å². The fraction of sp³-hybridized carbons (Fsp3) is 0.455. The molecule has 1 rings (SSSR count). The summed E-state index contributed by atoms with van der Waals surface area (Å²) >= 11 is 1.31. The molecule has 1 aromatic rings. The highest BCUT2D eigenvalue weighted by atomic mass is 32.1. The molecule has 1 heterocycles. The van der Waals surface area contributed by atoms with E-state index in [1.165, 1.54) is 11.3 Å². The number of rotatable bonds is 3. The summed E-state index contributed by atoms with van der Waals surface area (Å²) in [6.07, 6.45) is -0.820. The number of nitrogens with one attached hydrogen (secondary N) is 1.